The molecule has 0 radical (unpaired) electrons. The highest BCUT2D eigenvalue weighted by atomic mass is 32.1. The summed E-state index contributed by atoms with van der Waals surface area (Å²) < 4.78 is 19.5. The third kappa shape index (κ3) is 5.50. The third-order valence-electron chi connectivity index (χ3n) is 6.80. The Morgan fingerprint density at radius 3 is 2.19 bits per heavy atom. The van der Waals surface area contributed by atoms with Crippen molar-refractivity contribution in [2.45, 2.75) is 38.0 Å². The van der Waals surface area contributed by atoms with Crippen molar-refractivity contribution >= 4 is 23.1 Å². The standard InChI is InChI=1S/C31H28FNO3S/c32-25-14-9-21(10-15-25)5-4-8-29-30(27-18-11-22(20-34)19-28(27)35)33(31(37)36-29)26-16-12-24(13-17-26)23-6-2-1-3-7-23/h1-3,6-7,9-19,29-30,34-35H,4-5,8,20H2/t29-,30-/m1/s1. The number of hydrogen-bond acceptors (Lipinski definition) is 4. The van der Waals surface area contributed by atoms with Gasteiger partial charge >= 0.3 is 0 Å². The predicted octanol–water partition coefficient (Wildman–Crippen LogP) is 6.94. The number of halogens is 1. The fourth-order valence-corrected chi connectivity index (χ4v) is 5.24. The van der Waals surface area contributed by atoms with Crippen molar-refractivity contribution in [1.29, 1.82) is 0 Å². The van der Waals surface area contributed by atoms with Crippen LogP contribution in [0.4, 0.5) is 10.1 Å². The van der Waals surface area contributed by atoms with E-state index in [0.29, 0.717) is 22.7 Å². The average Bonchev–Trinajstić information content (AvgIpc) is 3.25. The van der Waals surface area contributed by atoms with Gasteiger partial charge in [0.15, 0.2) is 0 Å². The first kappa shape index (κ1) is 24.9. The monoisotopic (exact) mass is 513 g/mol. The van der Waals surface area contributed by atoms with E-state index in [-0.39, 0.29) is 30.3 Å². The van der Waals surface area contributed by atoms with E-state index in [2.05, 4.69) is 24.3 Å². The molecule has 0 aliphatic carbocycles. The lowest BCUT2D eigenvalue weighted by molar-refractivity contribution is 0.190. The Balaban J connectivity index is 1.43. The zero-order valence-corrected chi connectivity index (χ0v) is 21.1. The van der Waals surface area contributed by atoms with Crippen LogP contribution in [0.5, 0.6) is 5.75 Å². The molecule has 2 atom stereocenters. The average molecular weight is 514 g/mol. The summed E-state index contributed by atoms with van der Waals surface area (Å²) >= 11 is 5.69. The van der Waals surface area contributed by atoms with E-state index in [1.54, 1.807) is 18.2 Å². The highest BCUT2D eigenvalue weighted by Gasteiger charge is 2.42. The first-order chi connectivity index (χ1) is 18.0. The molecule has 1 fully saturated rings. The molecule has 4 nitrogen and oxygen atoms in total. The van der Waals surface area contributed by atoms with Crippen LogP contribution >= 0.6 is 12.2 Å². The van der Waals surface area contributed by atoms with Crippen LogP contribution in [0.2, 0.25) is 0 Å². The second kappa shape index (κ2) is 11.1. The van der Waals surface area contributed by atoms with Crippen molar-refractivity contribution < 1.29 is 19.3 Å². The minimum absolute atomic E-state index is 0.0966. The summed E-state index contributed by atoms with van der Waals surface area (Å²) in [4.78, 5) is 1.96. The number of aryl methyl sites for hydroxylation is 1. The first-order valence-electron chi connectivity index (χ1n) is 12.4. The van der Waals surface area contributed by atoms with Crippen molar-refractivity contribution in [3.05, 3.63) is 120 Å². The van der Waals surface area contributed by atoms with Gasteiger partial charge in [-0.05, 0) is 84.1 Å². The van der Waals surface area contributed by atoms with E-state index >= 15 is 0 Å². The van der Waals surface area contributed by atoms with Crippen LogP contribution in [0.25, 0.3) is 11.1 Å². The molecular weight excluding hydrogens is 485 g/mol. The molecule has 0 spiro atoms. The van der Waals surface area contributed by atoms with Gasteiger partial charge in [0.05, 0.1) is 6.61 Å². The molecule has 0 saturated carbocycles. The smallest absolute Gasteiger partial charge is 0.264 e. The highest BCUT2D eigenvalue weighted by molar-refractivity contribution is 7.80. The molecule has 0 amide bonds. The van der Waals surface area contributed by atoms with E-state index in [9.17, 15) is 14.6 Å². The second-order valence-electron chi connectivity index (χ2n) is 9.22. The number of aliphatic hydroxyl groups is 1. The number of ether oxygens (including phenoxy) is 1. The van der Waals surface area contributed by atoms with Crippen LogP contribution in [0.15, 0.2) is 97.1 Å². The number of rotatable bonds is 8. The molecule has 1 saturated heterocycles. The highest BCUT2D eigenvalue weighted by Crippen LogP contribution is 2.43. The Labute approximate surface area is 221 Å². The Hall–Kier alpha value is -3.74. The number of anilines is 1. The van der Waals surface area contributed by atoms with Gasteiger partial charge in [-0.1, -0.05) is 66.7 Å². The maximum atomic E-state index is 13.3. The van der Waals surface area contributed by atoms with Crippen LogP contribution in [0.3, 0.4) is 0 Å². The molecule has 6 heteroatoms. The summed E-state index contributed by atoms with van der Waals surface area (Å²) in [5, 5.41) is 20.8. The van der Waals surface area contributed by atoms with Crippen LogP contribution in [-0.4, -0.2) is 21.5 Å². The van der Waals surface area contributed by atoms with Crippen molar-refractivity contribution in [1.82, 2.24) is 0 Å². The maximum absolute atomic E-state index is 13.3. The predicted molar refractivity (Wildman–Crippen MR) is 148 cm³/mol. The number of thiocarbonyl (C=S) groups is 1. The van der Waals surface area contributed by atoms with Gasteiger partial charge in [-0.2, -0.15) is 0 Å². The van der Waals surface area contributed by atoms with Gasteiger partial charge in [0, 0.05) is 11.3 Å². The summed E-state index contributed by atoms with van der Waals surface area (Å²) in [5.41, 5.74) is 5.48. The van der Waals surface area contributed by atoms with E-state index < -0.39 is 0 Å². The number of phenolic OH excluding ortho intramolecular Hbond substituents is 1. The van der Waals surface area contributed by atoms with Crippen LogP contribution in [0.1, 0.15) is 35.6 Å². The molecule has 1 aliphatic rings. The SMILES string of the molecule is OCc1ccc([C@@H]2[C@@H](CCCc3ccc(F)cc3)OC(=S)N2c2ccc(-c3ccccc3)cc2)c(O)c1. The normalized spacial score (nSPS) is 17.1. The zero-order valence-electron chi connectivity index (χ0n) is 20.3. The van der Waals surface area contributed by atoms with E-state index in [1.165, 1.54) is 12.1 Å². The molecule has 188 valence electrons. The van der Waals surface area contributed by atoms with Gasteiger partial charge < -0.3 is 14.9 Å². The third-order valence-corrected chi connectivity index (χ3v) is 7.09. The number of nitrogens with zero attached hydrogens (tertiary/aromatic N) is 1. The molecule has 4 aromatic rings. The summed E-state index contributed by atoms with van der Waals surface area (Å²) in [7, 11) is 0. The van der Waals surface area contributed by atoms with Crippen LogP contribution < -0.4 is 4.90 Å². The topological polar surface area (TPSA) is 52.9 Å². The molecule has 4 aromatic carbocycles. The number of hydrogen-bond donors (Lipinski definition) is 2. The molecule has 0 aromatic heterocycles. The van der Waals surface area contributed by atoms with Crippen molar-refractivity contribution in [2.75, 3.05) is 4.90 Å². The number of aliphatic hydroxyl groups excluding tert-OH is 1. The van der Waals surface area contributed by atoms with Gasteiger partial charge in [-0.25, -0.2) is 4.39 Å². The molecule has 1 heterocycles. The largest absolute Gasteiger partial charge is 0.508 e. The quantitative estimate of drug-likeness (QED) is 0.250. The number of benzene rings is 4. The molecular formula is C31H28FNO3S. The van der Waals surface area contributed by atoms with E-state index in [4.69, 9.17) is 17.0 Å². The van der Waals surface area contributed by atoms with Gasteiger partial charge in [-0.15, -0.1) is 0 Å². The van der Waals surface area contributed by atoms with Gasteiger partial charge in [0.2, 0.25) is 0 Å². The Morgan fingerprint density at radius 1 is 0.838 bits per heavy atom. The van der Waals surface area contributed by atoms with Crippen LogP contribution in [-0.2, 0) is 17.8 Å². The fraction of sp³-hybridized carbons (Fsp3) is 0.194. The Kier molecular flexibility index (Phi) is 7.49. The molecule has 5 rings (SSSR count). The van der Waals surface area contributed by atoms with Crippen molar-refractivity contribution in [2.24, 2.45) is 0 Å². The van der Waals surface area contributed by atoms with Gasteiger partial charge in [-0.3, -0.25) is 4.90 Å². The molecule has 0 unspecified atom stereocenters. The summed E-state index contributed by atoms with van der Waals surface area (Å²) in [6.45, 7) is -0.154. The van der Waals surface area contributed by atoms with Crippen molar-refractivity contribution in [3.63, 3.8) is 0 Å². The lowest BCUT2D eigenvalue weighted by atomic mass is 9.94. The number of phenols is 1. The summed E-state index contributed by atoms with van der Waals surface area (Å²) in [6, 6.07) is 29.7. The minimum atomic E-state index is -0.337. The second-order valence-corrected chi connectivity index (χ2v) is 9.57. The van der Waals surface area contributed by atoms with Gasteiger partial charge in [0.25, 0.3) is 5.17 Å². The Morgan fingerprint density at radius 2 is 1.51 bits per heavy atom. The lowest BCUT2D eigenvalue weighted by Gasteiger charge is -2.27. The van der Waals surface area contributed by atoms with Crippen molar-refractivity contribution in [3.8, 4) is 16.9 Å². The summed E-state index contributed by atoms with van der Waals surface area (Å²) in [6.07, 6.45) is 2.00. The zero-order chi connectivity index (χ0) is 25.8. The summed E-state index contributed by atoms with van der Waals surface area (Å²) in [5.74, 6) is -0.150. The van der Waals surface area contributed by atoms with Crippen LogP contribution in [0, 0.1) is 5.82 Å². The first-order valence-corrected chi connectivity index (χ1v) is 12.8. The Bertz CT molecular complexity index is 1360. The van der Waals surface area contributed by atoms with E-state index in [0.717, 1.165) is 35.2 Å². The number of aromatic hydroxyl groups is 1. The molecule has 0 bridgehead atoms. The molecule has 1 aliphatic heterocycles. The fourth-order valence-electron chi connectivity index (χ4n) is 4.89. The van der Waals surface area contributed by atoms with E-state index in [1.807, 2.05) is 47.4 Å². The lowest BCUT2D eigenvalue weighted by Crippen LogP contribution is -2.29. The molecule has 2 N–H and O–H groups in total. The maximum Gasteiger partial charge on any atom is 0.264 e. The molecule has 37 heavy (non-hydrogen) atoms. The minimum Gasteiger partial charge on any atom is -0.508 e. The van der Waals surface area contributed by atoms with Gasteiger partial charge in [0.1, 0.15) is 23.7 Å².